The number of furan rings is 1. The molecule has 0 amide bonds. The molecule has 1 aromatic carbocycles. The van der Waals surface area contributed by atoms with E-state index >= 15 is 0 Å². The predicted octanol–water partition coefficient (Wildman–Crippen LogP) is 2.32. The van der Waals surface area contributed by atoms with Crippen molar-refractivity contribution >= 4 is 23.0 Å². The summed E-state index contributed by atoms with van der Waals surface area (Å²) in [7, 11) is 0. The van der Waals surface area contributed by atoms with Crippen LogP contribution in [0.25, 0.3) is 11.6 Å². The van der Waals surface area contributed by atoms with E-state index in [1.807, 2.05) is 25.1 Å². The van der Waals surface area contributed by atoms with Crippen molar-refractivity contribution in [2.45, 2.75) is 13.8 Å². The molecule has 2 nitrogen and oxygen atoms in total. The molecule has 2 heterocycles. The molecule has 1 aliphatic heterocycles. The van der Waals surface area contributed by atoms with Crippen LogP contribution in [-0.4, -0.2) is 5.71 Å². The highest BCUT2D eigenvalue weighted by Crippen LogP contribution is 2.26. The number of fused-ring (bicyclic) bond motifs is 1. The molecule has 0 saturated heterocycles. The van der Waals surface area contributed by atoms with E-state index in [2.05, 4.69) is 36.2 Å². The summed E-state index contributed by atoms with van der Waals surface area (Å²) in [5.41, 5.74) is 4.77. The number of hydrogen-bond donors (Lipinski definition) is 1. The third-order valence-corrected chi connectivity index (χ3v) is 2.99. The van der Waals surface area contributed by atoms with Crippen molar-refractivity contribution in [2.75, 3.05) is 0 Å². The Bertz CT molecular complexity index is 632. The monoisotopic (exact) mass is 224 g/mol. The Labute approximate surface area is 100 Å². The molecule has 0 unspecified atom stereocenters. The quantitative estimate of drug-likeness (QED) is 0.790. The second-order valence-electron chi connectivity index (χ2n) is 4.30. The van der Waals surface area contributed by atoms with Crippen molar-refractivity contribution in [2.24, 2.45) is 0 Å². The molecule has 0 saturated carbocycles. The van der Waals surface area contributed by atoms with Crippen LogP contribution in [0.3, 0.4) is 0 Å². The zero-order valence-corrected chi connectivity index (χ0v) is 9.95. The summed E-state index contributed by atoms with van der Waals surface area (Å²) < 4.78 is 5.59. The van der Waals surface area contributed by atoms with Crippen molar-refractivity contribution in [1.29, 1.82) is 0 Å². The first-order chi connectivity index (χ1) is 8.24. The van der Waals surface area contributed by atoms with E-state index in [0.717, 1.165) is 11.5 Å². The van der Waals surface area contributed by atoms with Crippen molar-refractivity contribution in [3.8, 4) is 0 Å². The largest absolute Gasteiger partial charge is 0.462 e. The number of benzene rings is 1. The van der Waals surface area contributed by atoms with Crippen molar-refractivity contribution < 1.29 is 9.41 Å². The minimum atomic E-state index is 0.898. The molecule has 1 aliphatic rings. The minimum Gasteiger partial charge on any atom is -0.462 e. The number of rotatable bonds is 1. The van der Waals surface area contributed by atoms with E-state index in [9.17, 15) is 0 Å². The molecule has 17 heavy (non-hydrogen) atoms. The van der Waals surface area contributed by atoms with Crippen LogP contribution in [-0.2, 0) is 0 Å². The second-order valence-corrected chi connectivity index (χ2v) is 4.30. The van der Waals surface area contributed by atoms with Gasteiger partial charge in [0.1, 0.15) is 11.5 Å². The number of allylic oxidation sites excluding steroid dienone is 1. The van der Waals surface area contributed by atoms with E-state index < -0.39 is 0 Å². The van der Waals surface area contributed by atoms with Gasteiger partial charge in [-0.15, -0.1) is 0 Å². The van der Waals surface area contributed by atoms with E-state index in [0.29, 0.717) is 0 Å². The summed E-state index contributed by atoms with van der Waals surface area (Å²) in [5, 5.41) is 0. The van der Waals surface area contributed by atoms with Gasteiger partial charge in [0.05, 0.1) is 11.1 Å². The van der Waals surface area contributed by atoms with Gasteiger partial charge in [0, 0.05) is 13.0 Å². The lowest BCUT2D eigenvalue weighted by Gasteiger charge is -1.95. The second kappa shape index (κ2) is 3.74. The average molecular weight is 224 g/mol. The first kappa shape index (κ1) is 10.1. The predicted molar refractivity (Wildman–Crippen MR) is 69.1 cm³/mol. The summed E-state index contributed by atoms with van der Waals surface area (Å²) in [6.45, 7) is 4.04. The van der Waals surface area contributed by atoms with Gasteiger partial charge in [-0.25, -0.2) is 4.99 Å². The molecule has 0 spiro atoms. The van der Waals surface area contributed by atoms with Crippen LogP contribution in [0.15, 0.2) is 40.8 Å². The Morgan fingerprint density at radius 2 is 1.88 bits per heavy atom. The number of hydrogen-bond acceptors (Lipinski definition) is 1. The highest BCUT2D eigenvalue weighted by molar-refractivity contribution is 6.27. The highest BCUT2D eigenvalue weighted by atomic mass is 16.3. The van der Waals surface area contributed by atoms with E-state index in [1.165, 1.54) is 22.5 Å². The Morgan fingerprint density at radius 3 is 2.65 bits per heavy atom. The van der Waals surface area contributed by atoms with Crippen LogP contribution >= 0.6 is 0 Å². The summed E-state index contributed by atoms with van der Waals surface area (Å²) >= 11 is 0. The van der Waals surface area contributed by atoms with Crippen molar-refractivity contribution in [3.63, 3.8) is 0 Å². The Morgan fingerprint density at radius 1 is 1.06 bits per heavy atom. The van der Waals surface area contributed by atoms with E-state index in [-0.39, 0.29) is 0 Å². The smallest absolute Gasteiger partial charge is 0.211 e. The van der Waals surface area contributed by atoms with Crippen molar-refractivity contribution in [1.82, 2.24) is 0 Å². The number of para-hydroxylation sites is 1. The molecule has 84 valence electrons. The molecular weight excluding hydrogens is 210 g/mol. The van der Waals surface area contributed by atoms with Crippen LogP contribution in [0, 0.1) is 6.92 Å². The lowest BCUT2D eigenvalue weighted by molar-refractivity contribution is -0.349. The third-order valence-electron chi connectivity index (χ3n) is 2.99. The molecule has 2 aromatic rings. The first-order valence-corrected chi connectivity index (χ1v) is 5.72. The topological polar surface area (TPSA) is 27.1 Å². The summed E-state index contributed by atoms with van der Waals surface area (Å²) in [4.78, 5) is 3.38. The fourth-order valence-electron chi connectivity index (χ4n) is 2.16. The molecule has 0 radical (unpaired) electrons. The number of aryl methyl sites for hydroxylation is 1. The van der Waals surface area contributed by atoms with Gasteiger partial charge in [0.15, 0.2) is 5.71 Å². The maximum atomic E-state index is 5.59. The Kier molecular flexibility index (Phi) is 2.22. The van der Waals surface area contributed by atoms with Gasteiger partial charge in [0.2, 0.25) is 5.69 Å². The zero-order valence-electron chi connectivity index (χ0n) is 9.95. The summed E-state index contributed by atoms with van der Waals surface area (Å²) in [5.74, 6) is 1.84. The van der Waals surface area contributed by atoms with Crippen molar-refractivity contribution in [3.05, 3.63) is 53.5 Å². The van der Waals surface area contributed by atoms with Crippen LogP contribution in [0.5, 0.6) is 0 Å². The summed E-state index contributed by atoms with van der Waals surface area (Å²) in [6.07, 6.45) is 2.08. The Hall–Kier alpha value is -2.09. The minimum absolute atomic E-state index is 0.898. The van der Waals surface area contributed by atoms with Crippen LogP contribution in [0.2, 0.25) is 0 Å². The maximum Gasteiger partial charge on any atom is 0.211 e. The standard InChI is InChI=1S/C15H13NO/c1-10-7-8-12(17-10)9-14-11(2)16-15-6-4-3-5-13(14)15/h3-9H,1-2H3/p+1/b14-9+. The van der Waals surface area contributed by atoms with E-state index in [4.69, 9.17) is 4.42 Å². The average Bonchev–Trinajstić information content (AvgIpc) is 2.85. The fraction of sp³-hybridized carbons (Fsp3) is 0.133. The molecule has 1 aromatic heterocycles. The van der Waals surface area contributed by atoms with Gasteiger partial charge >= 0.3 is 0 Å². The molecule has 0 atom stereocenters. The Balaban J connectivity index is 2.10. The van der Waals surface area contributed by atoms with Gasteiger partial charge in [-0.3, -0.25) is 0 Å². The molecular formula is C15H14NO+. The van der Waals surface area contributed by atoms with Crippen LogP contribution < -0.4 is 4.99 Å². The van der Waals surface area contributed by atoms with Gasteiger partial charge in [-0.1, -0.05) is 12.1 Å². The SMILES string of the molecule is CC1=[NH+]c2ccccc2/C1=C/c1ccc(C)o1. The van der Waals surface area contributed by atoms with Crippen LogP contribution in [0.4, 0.5) is 5.69 Å². The van der Waals surface area contributed by atoms with Gasteiger partial charge in [-0.2, -0.15) is 0 Å². The van der Waals surface area contributed by atoms with E-state index in [1.54, 1.807) is 0 Å². The molecule has 2 heteroatoms. The van der Waals surface area contributed by atoms with Gasteiger partial charge in [0.25, 0.3) is 0 Å². The lowest BCUT2D eigenvalue weighted by Crippen LogP contribution is -2.62. The van der Waals surface area contributed by atoms with Crippen LogP contribution in [0.1, 0.15) is 24.0 Å². The van der Waals surface area contributed by atoms with Gasteiger partial charge < -0.3 is 4.42 Å². The maximum absolute atomic E-state index is 5.59. The number of nitrogens with one attached hydrogen (secondary N) is 1. The lowest BCUT2D eigenvalue weighted by atomic mass is 10.0. The third kappa shape index (κ3) is 1.72. The molecule has 0 fully saturated rings. The zero-order chi connectivity index (χ0) is 11.8. The molecule has 1 N–H and O–H groups in total. The summed E-state index contributed by atoms with van der Waals surface area (Å²) in [6, 6.07) is 12.3. The molecule has 3 rings (SSSR count). The molecule has 0 aliphatic carbocycles. The van der Waals surface area contributed by atoms with Gasteiger partial charge in [-0.05, 0) is 31.2 Å². The molecule has 0 bridgehead atoms. The highest BCUT2D eigenvalue weighted by Gasteiger charge is 2.23. The normalized spacial score (nSPS) is 16.1. The first-order valence-electron chi connectivity index (χ1n) is 5.72. The fourth-order valence-corrected chi connectivity index (χ4v) is 2.16.